The van der Waals surface area contributed by atoms with Gasteiger partial charge in [-0.15, -0.1) is 0 Å². The van der Waals surface area contributed by atoms with Gasteiger partial charge in [-0.25, -0.2) is 0 Å². The third kappa shape index (κ3) is 2.51. The summed E-state index contributed by atoms with van der Waals surface area (Å²) in [5, 5.41) is 20.2. The van der Waals surface area contributed by atoms with E-state index in [1.165, 1.54) is 0 Å². The summed E-state index contributed by atoms with van der Waals surface area (Å²) in [6.07, 6.45) is 0.174. The van der Waals surface area contributed by atoms with E-state index in [0.29, 0.717) is 6.61 Å². The van der Waals surface area contributed by atoms with Crippen molar-refractivity contribution in [2.75, 3.05) is 6.61 Å². The van der Waals surface area contributed by atoms with E-state index in [0.717, 1.165) is 0 Å². The van der Waals surface area contributed by atoms with Crippen LogP contribution in [0, 0.1) is 0 Å². The summed E-state index contributed by atoms with van der Waals surface area (Å²) in [4.78, 5) is 0. The van der Waals surface area contributed by atoms with Gasteiger partial charge in [-0.2, -0.15) is 0 Å². The minimum atomic E-state index is -1.94. The molecule has 0 radical (unpaired) electrons. The van der Waals surface area contributed by atoms with Crippen molar-refractivity contribution in [2.45, 2.75) is 76.5 Å². The van der Waals surface area contributed by atoms with Crippen molar-refractivity contribution in [2.24, 2.45) is 0 Å². The summed E-state index contributed by atoms with van der Waals surface area (Å²) in [6.45, 7) is 14.9. The van der Waals surface area contributed by atoms with Crippen molar-refractivity contribution in [3.05, 3.63) is 0 Å². The fourth-order valence-electron chi connectivity index (χ4n) is 1.94. The van der Waals surface area contributed by atoms with Crippen LogP contribution in [0.15, 0.2) is 0 Å². The van der Waals surface area contributed by atoms with Gasteiger partial charge in [0.1, 0.15) is 0 Å². The number of rotatable bonds is 3. The summed E-state index contributed by atoms with van der Waals surface area (Å²) in [5.74, 6) is -3.26. The highest BCUT2D eigenvalue weighted by atomic mass is 28.3. The van der Waals surface area contributed by atoms with Gasteiger partial charge in [0.2, 0.25) is 11.6 Å². The molecule has 0 aromatic heterocycles. The first-order chi connectivity index (χ1) is 7.87. The Labute approximate surface area is 111 Å². The Balaban J connectivity index is 2.91. The molecule has 2 atom stereocenters. The first-order valence-electron chi connectivity index (χ1n) is 6.64. The highest BCUT2D eigenvalue weighted by Crippen LogP contribution is 2.44. The predicted molar refractivity (Wildman–Crippen MR) is 73.9 cm³/mol. The molecule has 1 fully saturated rings. The van der Waals surface area contributed by atoms with Crippen molar-refractivity contribution in [1.29, 1.82) is 0 Å². The average molecular weight is 276 g/mol. The highest BCUT2D eigenvalue weighted by molar-refractivity contribution is 6.81. The molecule has 2 N–H and O–H groups in total. The van der Waals surface area contributed by atoms with E-state index in [9.17, 15) is 10.2 Å². The quantitative estimate of drug-likeness (QED) is 0.613. The van der Waals surface area contributed by atoms with Crippen LogP contribution in [0.25, 0.3) is 0 Å². The normalized spacial score (nSPS) is 30.8. The van der Waals surface area contributed by atoms with Gasteiger partial charge in [0, 0.05) is 6.42 Å². The number of aliphatic hydroxyl groups is 2. The van der Waals surface area contributed by atoms with Gasteiger partial charge < -0.3 is 19.7 Å². The molecule has 1 aliphatic heterocycles. The summed E-state index contributed by atoms with van der Waals surface area (Å²) in [6, 6.07) is 0. The van der Waals surface area contributed by atoms with Crippen LogP contribution < -0.4 is 0 Å². The lowest BCUT2D eigenvalue weighted by molar-refractivity contribution is -0.346. The molecule has 5 heteroatoms. The van der Waals surface area contributed by atoms with Crippen molar-refractivity contribution < 1.29 is 19.7 Å². The van der Waals surface area contributed by atoms with E-state index >= 15 is 0 Å². The van der Waals surface area contributed by atoms with Crippen LogP contribution in [0.2, 0.25) is 18.1 Å². The number of hydrogen-bond acceptors (Lipinski definition) is 4. The summed E-state index contributed by atoms with van der Waals surface area (Å²) in [5.41, 5.74) is -0.0206. The lowest BCUT2D eigenvalue weighted by atomic mass is 10.1. The Kier molecular flexibility index (Phi) is 4.08. The Bertz CT molecular complexity index is 309. The largest absolute Gasteiger partial charge is 0.361 e. The minimum absolute atomic E-state index is 0.0206. The van der Waals surface area contributed by atoms with Crippen LogP contribution in [0.5, 0.6) is 0 Å². The fourth-order valence-corrected chi connectivity index (χ4v) is 3.93. The van der Waals surface area contributed by atoms with E-state index in [2.05, 4.69) is 33.9 Å². The predicted octanol–water partition coefficient (Wildman–Crippen LogP) is 2.26. The average Bonchev–Trinajstić information content (AvgIpc) is 2.61. The fraction of sp³-hybridized carbons (Fsp3) is 1.00. The standard InChI is InChI=1S/C13H28O4Si/c1-8-13(14,15)12(5)16-9-10(17-12)18(6,7)11(2,3)4/h10,14-15H,8-9H2,1-7H3/t10-,12-/m0/s1. The lowest BCUT2D eigenvalue weighted by Crippen LogP contribution is -2.56. The molecular weight excluding hydrogens is 248 g/mol. The second-order valence-electron chi connectivity index (χ2n) is 7.01. The van der Waals surface area contributed by atoms with Gasteiger partial charge in [-0.3, -0.25) is 0 Å². The van der Waals surface area contributed by atoms with Crippen LogP contribution in [-0.2, 0) is 9.47 Å². The van der Waals surface area contributed by atoms with E-state index in [4.69, 9.17) is 9.47 Å². The van der Waals surface area contributed by atoms with Crippen molar-refractivity contribution in [3.63, 3.8) is 0 Å². The van der Waals surface area contributed by atoms with Crippen LogP contribution >= 0.6 is 0 Å². The summed E-state index contributed by atoms with van der Waals surface area (Å²) >= 11 is 0. The van der Waals surface area contributed by atoms with Gasteiger partial charge >= 0.3 is 0 Å². The Hall–Kier alpha value is 0.0569. The molecule has 4 nitrogen and oxygen atoms in total. The molecule has 0 aliphatic carbocycles. The van der Waals surface area contributed by atoms with Crippen LogP contribution in [0.1, 0.15) is 41.0 Å². The highest BCUT2D eigenvalue weighted by Gasteiger charge is 2.57. The van der Waals surface area contributed by atoms with Crippen molar-refractivity contribution >= 4 is 8.07 Å². The molecule has 0 spiro atoms. The Morgan fingerprint density at radius 2 is 1.78 bits per heavy atom. The maximum Gasteiger partial charge on any atom is 0.220 e. The summed E-state index contributed by atoms with van der Waals surface area (Å²) in [7, 11) is -1.72. The molecule has 1 aliphatic rings. The molecule has 0 bridgehead atoms. The van der Waals surface area contributed by atoms with Gasteiger partial charge in [0.15, 0.2) is 0 Å². The molecular formula is C13H28O4Si. The Morgan fingerprint density at radius 3 is 2.17 bits per heavy atom. The second-order valence-corrected chi connectivity index (χ2v) is 12.6. The van der Waals surface area contributed by atoms with E-state index in [1.807, 2.05) is 0 Å². The third-order valence-electron chi connectivity index (χ3n) is 4.84. The van der Waals surface area contributed by atoms with Crippen LogP contribution in [-0.4, -0.2) is 42.2 Å². The van der Waals surface area contributed by atoms with Crippen LogP contribution in [0.3, 0.4) is 0 Å². The first-order valence-corrected chi connectivity index (χ1v) is 9.71. The molecule has 108 valence electrons. The molecule has 0 unspecified atom stereocenters. The minimum Gasteiger partial charge on any atom is -0.361 e. The zero-order chi connectivity index (χ0) is 14.4. The van der Waals surface area contributed by atoms with Crippen molar-refractivity contribution in [3.8, 4) is 0 Å². The zero-order valence-corrected chi connectivity index (χ0v) is 13.7. The molecule has 0 amide bonds. The van der Waals surface area contributed by atoms with E-state index < -0.39 is 19.6 Å². The maximum atomic E-state index is 9.99. The molecule has 0 aromatic rings. The SMILES string of the molecule is CCC(O)(O)[C@@]1(C)OC[C@H]([Si](C)(C)C(C)(C)C)O1. The van der Waals surface area contributed by atoms with Gasteiger partial charge in [-0.05, 0) is 12.0 Å². The lowest BCUT2D eigenvalue weighted by Gasteiger charge is -2.42. The first kappa shape index (κ1) is 16.1. The topological polar surface area (TPSA) is 58.9 Å². The molecule has 1 heterocycles. The molecule has 18 heavy (non-hydrogen) atoms. The third-order valence-corrected chi connectivity index (χ3v) is 10.6. The van der Waals surface area contributed by atoms with Gasteiger partial charge in [0.05, 0.1) is 20.4 Å². The van der Waals surface area contributed by atoms with E-state index in [-0.39, 0.29) is 17.2 Å². The number of ether oxygens (including phenoxy) is 2. The smallest absolute Gasteiger partial charge is 0.220 e. The number of hydrogen-bond donors (Lipinski definition) is 2. The molecule has 1 rings (SSSR count). The van der Waals surface area contributed by atoms with E-state index in [1.54, 1.807) is 13.8 Å². The van der Waals surface area contributed by atoms with Gasteiger partial charge in [-0.1, -0.05) is 40.8 Å². The molecule has 1 saturated heterocycles. The maximum absolute atomic E-state index is 9.99. The van der Waals surface area contributed by atoms with Gasteiger partial charge in [0.25, 0.3) is 0 Å². The zero-order valence-electron chi connectivity index (χ0n) is 12.7. The summed E-state index contributed by atoms with van der Waals surface area (Å²) < 4.78 is 11.5. The Morgan fingerprint density at radius 1 is 1.28 bits per heavy atom. The molecule has 0 saturated carbocycles. The van der Waals surface area contributed by atoms with Crippen molar-refractivity contribution in [1.82, 2.24) is 0 Å². The van der Waals surface area contributed by atoms with Crippen LogP contribution in [0.4, 0.5) is 0 Å². The second kappa shape index (κ2) is 4.56. The monoisotopic (exact) mass is 276 g/mol. The molecule has 0 aromatic carbocycles.